The minimum atomic E-state index is 0.385. The first-order valence-electron chi connectivity index (χ1n) is 4.28. The molecule has 0 atom stereocenters. The fourth-order valence-electron chi connectivity index (χ4n) is 1.11. The van der Waals surface area contributed by atoms with E-state index in [1.165, 1.54) is 0 Å². The Morgan fingerprint density at radius 3 is 2.46 bits per heavy atom. The maximum absolute atomic E-state index is 9.49. The van der Waals surface area contributed by atoms with E-state index in [2.05, 4.69) is 0 Å². The van der Waals surface area contributed by atoms with E-state index in [0.717, 1.165) is 5.56 Å². The van der Waals surface area contributed by atoms with E-state index in [0.29, 0.717) is 12.3 Å². The maximum atomic E-state index is 9.49. The summed E-state index contributed by atoms with van der Waals surface area (Å²) in [4.78, 5) is 1.93. The molecule has 1 N–H and O–H groups in total. The highest BCUT2D eigenvalue weighted by Gasteiger charge is 1.95. The summed E-state index contributed by atoms with van der Waals surface area (Å²) in [6.07, 6.45) is 1.78. The van der Waals surface area contributed by atoms with Crippen LogP contribution in [0, 0.1) is 0 Å². The quantitative estimate of drug-likeness (QED) is 0.715. The van der Waals surface area contributed by atoms with Crippen molar-refractivity contribution >= 4 is 6.08 Å². The number of benzene rings is 1. The van der Waals surface area contributed by atoms with E-state index in [1.54, 1.807) is 6.08 Å². The summed E-state index contributed by atoms with van der Waals surface area (Å²) in [6.45, 7) is 0.578. The van der Waals surface area contributed by atoms with Gasteiger partial charge >= 0.3 is 0 Å². The Balaban J connectivity index is 2.66. The van der Waals surface area contributed by atoms with Gasteiger partial charge in [-0.3, -0.25) is 0 Å². The normalized spacial score (nSPS) is 12.1. The van der Waals surface area contributed by atoms with E-state index in [4.69, 9.17) is 0 Å². The maximum Gasteiger partial charge on any atom is 0.107 e. The molecule has 0 radical (unpaired) electrons. The van der Waals surface area contributed by atoms with Crippen LogP contribution in [-0.2, 0) is 0 Å². The Labute approximate surface area is 79.1 Å². The van der Waals surface area contributed by atoms with Gasteiger partial charge in [-0.05, 0) is 25.7 Å². The standard InChI is InChI=1S/C11H15NO/c1-12(2)9-11(13)8-10-6-4-3-5-7-10/h3-8,13H,9H2,1-2H3. The van der Waals surface area contributed by atoms with Crippen LogP contribution in [0.1, 0.15) is 5.56 Å². The van der Waals surface area contributed by atoms with Crippen molar-refractivity contribution in [1.82, 2.24) is 4.90 Å². The zero-order valence-electron chi connectivity index (χ0n) is 8.07. The van der Waals surface area contributed by atoms with E-state index < -0.39 is 0 Å². The van der Waals surface area contributed by atoms with E-state index in [9.17, 15) is 5.11 Å². The fourth-order valence-corrected chi connectivity index (χ4v) is 1.11. The van der Waals surface area contributed by atoms with Crippen molar-refractivity contribution in [3.8, 4) is 0 Å². The van der Waals surface area contributed by atoms with Gasteiger partial charge in [-0.1, -0.05) is 30.3 Å². The van der Waals surface area contributed by atoms with Crippen molar-refractivity contribution in [2.75, 3.05) is 20.6 Å². The van der Waals surface area contributed by atoms with Gasteiger partial charge in [-0.15, -0.1) is 0 Å². The number of hydrogen-bond acceptors (Lipinski definition) is 2. The van der Waals surface area contributed by atoms with Crippen LogP contribution in [0.4, 0.5) is 0 Å². The lowest BCUT2D eigenvalue weighted by Gasteiger charge is -2.07. The summed E-state index contributed by atoms with van der Waals surface area (Å²) in [6, 6.07) is 9.79. The van der Waals surface area contributed by atoms with Crippen molar-refractivity contribution in [3.05, 3.63) is 41.7 Å². The Morgan fingerprint density at radius 1 is 1.31 bits per heavy atom. The molecule has 0 saturated carbocycles. The molecule has 0 heterocycles. The molecule has 0 saturated heterocycles. The predicted molar refractivity (Wildman–Crippen MR) is 55.6 cm³/mol. The molecule has 2 heteroatoms. The molecule has 0 amide bonds. The third kappa shape index (κ3) is 3.76. The van der Waals surface area contributed by atoms with Crippen LogP contribution in [-0.4, -0.2) is 30.6 Å². The first kappa shape index (κ1) is 9.81. The highest BCUT2D eigenvalue weighted by atomic mass is 16.3. The molecule has 0 spiro atoms. The third-order valence-corrected chi connectivity index (χ3v) is 1.61. The topological polar surface area (TPSA) is 23.5 Å². The van der Waals surface area contributed by atoms with Crippen molar-refractivity contribution in [3.63, 3.8) is 0 Å². The number of hydrogen-bond donors (Lipinski definition) is 1. The van der Waals surface area contributed by atoms with Crippen molar-refractivity contribution in [2.45, 2.75) is 0 Å². The molecule has 70 valence electrons. The fraction of sp³-hybridized carbons (Fsp3) is 0.273. The second kappa shape index (κ2) is 4.67. The molecule has 0 aliphatic heterocycles. The first-order valence-corrected chi connectivity index (χ1v) is 4.28. The Bertz CT molecular complexity index is 277. The number of rotatable bonds is 3. The molecule has 0 bridgehead atoms. The molecule has 0 aliphatic carbocycles. The van der Waals surface area contributed by atoms with Gasteiger partial charge < -0.3 is 10.0 Å². The monoisotopic (exact) mass is 177 g/mol. The lowest BCUT2D eigenvalue weighted by molar-refractivity contribution is 0.328. The van der Waals surface area contributed by atoms with Gasteiger partial charge in [0.2, 0.25) is 0 Å². The Morgan fingerprint density at radius 2 is 1.92 bits per heavy atom. The summed E-state index contributed by atoms with van der Waals surface area (Å²) >= 11 is 0. The van der Waals surface area contributed by atoms with E-state index in [-0.39, 0.29) is 0 Å². The average Bonchev–Trinajstić information content (AvgIpc) is 2.04. The first-order chi connectivity index (χ1) is 6.18. The molecule has 1 aromatic carbocycles. The van der Waals surface area contributed by atoms with Crippen LogP contribution < -0.4 is 0 Å². The zero-order valence-corrected chi connectivity index (χ0v) is 8.07. The van der Waals surface area contributed by atoms with Crippen LogP contribution in [0.25, 0.3) is 6.08 Å². The molecule has 1 rings (SSSR count). The molecule has 0 aromatic heterocycles. The summed E-state index contributed by atoms with van der Waals surface area (Å²) < 4.78 is 0. The molecule has 0 unspecified atom stereocenters. The van der Waals surface area contributed by atoms with Crippen LogP contribution in [0.2, 0.25) is 0 Å². The smallest absolute Gasteiger partial charge is 0.107 e. The van der Waals surface area contributed by atoms with Crippen LogP contribution in [0.3, 0.4) is 0 Å². The Kier molecular flexibility index (Phi) is 3.53. The lowest BCUT2D eigenvalue weighted by atomic mass is 10.2. The van der Waals surface area contributed by atoms with E-state index >= 15 is 0 Å². The lowest BCUT2D eigenvalue weighted by Crippen LogP contribution is -2.14. The summed E-state index contributed by atoms with van der Waals surface area (Å²) in [7, 11) is 3.85. The van der Waals surface area contributed by atoms with E-state index in [1.807, 2.05) is 49.3 Å². The van der Waals surface area contributed by atoms with Crippen molar-refractivity contribution in [1.29, 1.82) is 0 Å². The van der Waals surface area contributed by atoms with Gasteiger partial charge in [0.05, 0.1) is 6.54 Å². The number of nitrogens with zero attached hydrogens (tertiary/aromatic N) is 1. The second-order valence-corrected chi connectivity index (χ2v) is 3.28. The van der Waals surface area contributed by atoms with Crippen molar-refractivity contribution < 1.29 is 5.11 Å². The molecule has 13 heavy (non-hydrogen) atoms. The summed E-state index contributed by atoms with van der Waals surface area (Å²) in [5.74, 6) is 0.385. The summed E-state index contributed by atoms with van der Waals surface area (Å²) in [5, 5.41) is 9.49. The van der Waals surface area contributed by atoms with Crippen LogP contribution in [0.15, 0.2) is 36.1 Å². The molecule has 0 fully saturated rings. The highest BCUT2D eigenvalue weighted by Crippen LogP contribution is 2.04. The minimum Gasteiger partial charge on any atom is -0.511 e. The van der Waals surface area contributed by atoms with Crippen LogP contribution >= 0.6 is 0 Å². The van der Waals surface area contributed by atoms with Gasteiger partial charge in [0.1, 0.15) is 5.76 Å². The number of aliphatic hydroxyl groups excluding tert-OH is 1. The van der Waals surface area contributed by atoms with Gasteiger partial charge in [0.25, 0.3) is 0 Å². The molecule has 1 aromatic rings. The largest absolute Gasteiger partial charge is 0.511 e. The van der Waals surface area contributed by atoms with Gasteiger partial charge in [0, 0.05) is 0 Å². The highest BCUT2D eigenvalue weighted by molar-refractivity contribution is 5.50. The predicted octanol–water partition coefficient (Wildman–Crippen LogP) is 2.15. The summed E-state index contributed by atoms with van der Waals surface area (Å²) in [5.41, 5.74) is 1.03. The SMILES string of the molecule is CN(C)CC(O)=Cc1ccccc1. The van der Waals surface area contributed by atoms with Gasteiger partial charge in [-0.25, -0.2) is 0 Å². The second-order valence-electron chi connectivity index (χ2n) is 3.28. The minimum absolute atomic E-state index is 0.385. The molecular weight excluding hydrogens is 162 g/mol. The molecular formula is C11H15NO. The van der Waals surface area contributed by atoms with Gasteiger partial charge in [-0.2, -0.15) is 0 Å². The van der Waals surface area contributed by atoms with Gasteiger partial charge in [0.15, 0.2) is 0 Å². The van der Waals surface area contributed by atoms with Crippen molar-refractivity contribution in [2.24, 2.45) is 0 Å². The number of aliphatic hydroxyl groups is 1. The third-order valence-electron chi connectivity index (χ3n) is 1.61. The zero-order chi connectivity index (χ0) is 9.68. The molecule has 2 nitrogen and oxygen atoms in total. The number of likely N-dealkylation sites (N-methyl/N-ethyl adjacent to an activating group) is 1. The average molecular weight is 177 g/mol. The Hall–Kier alpha value is -1.28. The molecule has 0 aliphatic rings. The van der Waals surface area contributed by atoms with Crippen LogP contribution in [0.5, 0.6) is 0 Å².